The third-order valence-corrected chi connectivity index (χ3v) is 2.23. The summed E-state index contributed by atoms with van der Waals surface area (Å²) in [6, 6.07) is 0. The zero-order valence-corrected chi connectivity index (χ0v) is 8.22. The average molecular weight is 168 g/mol. The largest absolute Gasteiger partial charge is 0.348 e. The predicted octanol–water partition coefficient (Wildman–Crippen LogP) is 2.81. The van der Waals surface area contributed by atoms with Crippen LogP contribution in [0.15, 0.2) is 6.33 Å². The fourth-order valence-electron chi connectivity index (χ4n) is 1.58. The molecule has 1 N–H and O–H groups in total. The van der Waals surface area contributed by atoms with Crippen molar-refractivity contribution in [1.82, 2.24) is 9.97 Å². The van der Waals surface area contributed by atoms with E-state index >= 15 is 0 Å². The first-order chi connectivity index (χ1) is 5.86. The van der Waals surface area contributed by atoms with E-state index in [1.165, 1.54) is 30.7 Å². The van der Waals surface area contributed by atoms with Gasteiger partial charge in [0.15, 0.2) is 0 Å². The maximum Gasteiger partial charge on any atom is 0.0925 e. The molecule has 0 bridgehead atoms. The van der Waals surface area contributed by atoms with Crippen LogP contribution in [0.4, 0.5) is 0 Å². The molecule has 1 aliphatic rings. The Bertz CT molecular complexity index is 233. The summed E-state index contributed by atoms with van der Waals surface area (Å²) in [4.78, 5) is 7.41. The molecule has 0 saturated heterocycles. The quantitative estimate of drug-likeness (QED) is 0.634. The minimum Gasteiger partial charge on any atom is -0.348 e. The van der Waals surface area contributed by atoms with Crippen molar-refractivity contribution in [2.75, 3.05) is 0 Å². The monoisotopic (exact) mass is 168 g/mol. The summed E-state index contributed by atoms with van der Waals surface area (Å²) in [7, 11) is 0. The molecule has 0 amide bonds. The molecule has 0 aliphatic heterocycles. The zero-order valence-electron chi connectivity index (χ0n) is 8.22. The normalized spacial score (nSPS) is 20.8. The van der Waals surface area contributed by atoms with E-state index in [-0.39, 0.29) is 1.43 Å². The average Bonchev–Trinajstić information content (AvgIpc) is 2.54. The van der Waals surface area contributed by atoms with Crippen LogP contribution in [0.1, 0.15) is 40.0 Å². The number of aromatic nitrogens is 2. The number of aryl methyl sites for hydroxylation is 1. The molecule has 1 heterocycles. The lowest BCUT2D eigenvalue weighted by Gasteiger charge is -2.15. The van der Waals surface area contributed by atoms with Gasteiger partial charge in [-0.15, -0.1) is 0 Å². The SMILES string of the molecule is CC.CC1CCc2nc[nH]c2C1.[HH]. The fraction of sp³-hybridized carbons (Fsp3) is 0.700. The second kappa shape index (κ2) is 4.29. The van der Waals surface area contributed by atoms with Crippen LogP contribution in [0.25, 0.3) is 0 Å². The molecule has 2 heteroatoms. The second-order valence-electron chi connectivity index (χ2n) is 3.18. The molecule has 0 radical (unpaired) electrons. The molecule has 0 saturated carbocycles. The number of H-pyrrole nitrogens is 1. The Hall–Kier alpha value is -0.790. The molecular weight excluding hydrogens is 148 g/mol. The Morgan fingerprint density at radius 1 is 1.58 bits per heavy atom. The van der Waals surface area contributed by atoms with Gasteiger partial charge in [0, 0.05) is 7.12 Å². The number of aromatic amines is 1. The van der Waals surface area contributed by atoms with Crippen LogP contribution in [0.3, 0.4) is 0 Å². The smallest absolute Gasteiger partial charge is 0.0925 e. The highest BCUT2D eigenvalue weighted by molar-refractivity contribution is 5.14. The molecule has 70 valence electrons. The maximum absolute atomic E-state index is 4.24. The van der Waals surface area contributed by atoms with Crippen molar-refractivity contribution in [2.24, 2.45) is 5.92 Å². The summed E-state index contributed by atoms with van der Waals surface area (Å²) in [6.07, 6.45) is 5.47. The molecule has 1 aromatic heterocycles. The number of nitrogens with one attached hydrogen (secondary N) is 1. The van der Waals surface area contributed by atoms with Crippen molar-refractivity contribution >= 4 is 0 Å². The Morgan fingerprint density at radius 3 is 3.08 bits per heavy atom. The first-order valence-corrected chi connectivity index (χ1v) is 4.87. The molecule has 0 aromatic carbocycles. The van der Waals surface area contributed by atoms with E-state index in [0.717, 1.165) is 5.92 Å². The highest BCUT2D eigenvalue weighted by Gasteiger charge is 2.15. The van der Waals surface area contributed by atoms with Crippen molar-refractivity contribution in [2.45, 2.75) is 40.0 Å². The van der Waals surface area contributed by atoms with Crippen LogP contribution in [0.5, 0.6) is 0 Å². The van der Waals surface area contributed by atoms with E-state index in [1.54, 1.807) is 0 Å². The first kappa shape index (κ1) is 9.30. The molecular formula is C10H20N2. The summed E-state index contributed by atoms with van der Waals surface area (Å²) >= 11 is 0. The lowest BCUT2D eigenvalue weighted by Crippen LogP contribution is -2.10. The van der Waals surface area contributed by atoms with Gasteiger partial charge in [-0.3, -0.25) is 0 Å². The molecule has 1 unspecified atom stereocenters. The number of imidazole rings is 1. The van der Waals surface area contributed by atoms with Crippen molar-refractivity contribution in [3.63, 3.8) is 0 Å². The van der Waals surface area contributed by atoms with E-state index in [0.29, 0.717) is 0 Å². The maximum atomic E-state index is 4.24. The third kappa shape index (κ3) is 1.87. The molecule has 1 aromatic rings. The van der Waals surface area contributed by atoms with Gasteiger partial charge in [-0.1, -0.05) is 20.8 Å². The Labute approximate surface area is 75.9 Å². The van der Waals surface area contributed by atoms with E-state index in [2.05, 4.69) is 16.9 Å². The van der Waals surface area contributed by atoms with Crippen molar-refractivity contribution in [3.05, 3.63) is 17.7 Å². The van der Waals surface area contributed by atoms with Crippen LogP contribution in [0.2, 0.25) is 0 Å². The van der Waals surface area contributed by atoms with E-state index in [4.69, 9.17) is 0 Å². The van der Waals surface area contributed by atoms with Crippen molar-refractivity contribution in [3.8, 4) is 0 Å². The number of fused-ring (bicyclic) bond motifs is 1. The van der Waals surface area contributed by atoms with Crippen molar-refractivity contribution < 1.29 is 1.43 Å². The Morgan fingerprint density at radius 2 is 2.33 bits per heavy atom. The van der Waals surface area contributed by atoms with Gasteiger partial charge in [0.05, 0.1) is 12.0 Å². The molecule has 1 atom stereocenters. The fourth-order valence-corrected chi connectivity index (χ4v) is 1.58. The highest BCUT2D eigenvalue weighted by atomic mass is 14.9. The predicted molar refractivity (Wildman–Crippen MR) is 53.2 cm³/mol. The number of hydrogen-bond acceptors (Lipinski definition) is 1. The Balaban J connectivity index is 0.000000451. The Kier molecular flexibility index (Phi) is 3.32. The van der Waals surface area contributed by atoms with Gasteiger partial charge in [0.2, 0.25) is 0 Å². The molecule has 0 spiro atoms. The van der Waals surface area contributed by atoms with Crippen LogP contribution in [0, 0.1) is 5.92 Å². The lowest BCUT2D eigenvalue weighted by molar-refractivity contribution is 0.492. The molecule has 2 rings (SSSR count). The number of hydrogen-bond donors (Lipinski definition) is 1. The second-order valence-corrected chi connectivity index (χ2v) is 3.18. The van der Waals surface area contributed by atoms with Crippen molar-refractivity contribution in [1.29, 1.82) is 0 Å². The summed E-state index contributed by atoms with van der Waals surface area (Å²) < 4.78 is 0. The topological polar surface area (TPSA) is 28.7 Å². The zero-order chi connectivity index (χ0) is 8.97. The van der Waals surface area contributed by atoms with Crippen LogP contribution < -0.4 is 0 Å². The summed E-state index contributed by atoms with van der Waals surface area (Å²) in [5, 5.41) is 0. The van der Waals surface area contributed by atoms with Gasteiger partial charge >= 0.3 is 0 Å². The summed E-state index contributed by atoms with van der Waals surface area (Å²) in [5.74, 6) is 0.841. The van der Waals surface area contributed by atoms with Crippen LogP contribution in [-0.4, -0.2) is 9.97 Å². The minimum atomic E-state index is 0. The third-order valence-electron chi connectivity index (χ3n) is 2.23. The van der Waals surface area contributed by atoms with Gasteiger partial charge in [0.1, 0.15) is 0 Å². The molecule has 12 heavy (non-hydrogen) atoms. The highest BCUT2D eigenvalue weighted by Crippen LogP contribution is 2.21. The first-order valence-electron chi connectivity index (χ1n) is 4.87. The number of nitrogens with zero attached hydrogens (tertiary/aromatic N) is 1. The van der Waals surface area contributed by atoms with E-state index < -0.39 is 0 Å². The summed E-state index contributed by atoms with van der Waals surface area (Å²) in [6.45, 7) is 6.30. The van der Waals surface area contributed by atoms with Gasteiger partial charge < -0.3 is 4.98 Å². The molecule has 1 aliphatic carbocycles. The van der Waals surface area contributed by atoms with Gasteiger partial charge in [-0.05, 0) is 25.2 Å². The van der Waals surface area contributed by atoms with E-state index in [9.17, 15) is 0 Å². The van der Waals surface area contributed by atoms with Crippen LogP contribution >= 0.6 is 0 Å². The number of rotatable bonds is 0. The standard InChI is InChI=1S/C8H12N2.C2H6.H2/c1-6-2-3-7-8(4-6)10-5-9-7;1-2;/h5-6H,2-4H2,1H3,(H,9,10);1-2H3;1H. The van der Waals surface area contributed by atoms with Crippen LogP contribution in [-0.2, 0) is 12.8 Å². The minimum absolute atomic E-state index is 0. The lowest BCUT2D eigenvalue weighted by atomic mass is 9.92. The van der Waals surface area contributed by atoms with E-state index in [1.807, 2.05) is 20.2 Å². The molecule has 2 nitrogen and oxygen atoms in total. The summed E-state index contributed by atoms with van der Waals surface area (Å²) in [5.41, 5.74) is 2.65. The van der Waals surface area contributed by atoms with Gasteiger partial charge in [0.25, 0.3) is 0 Å². The van der Waals surface area contributed by atoms with Gasteiger partial charge in [-0.2, -0.15) is 0 Å². The van der Waals surface area contributed by atoms with Gasteiger partial charge in [-0.25, -0.2) is 4.98 Å². The molecule has 0 fully saturated rings.